The summed E-state index contributed by atoms with van der Waals surface area (Å²) >= 11 is 0. The zero-order valence-corrected chi connectivity index (χ0v) is 12.5. The predicted octanol–water partition coefficient (Wildman–Crippen LogP) is 2.40. The lowest BCUT2D eigenvalue weighted by Gasteiger charge is -2.34. The van der Waals surface area contributed by atoms with Crippen molar-refractivity contribution in [3.05, 3.63) is 29.8 Å². The van der Waals surface area contributed by atoms with Gasteiger partial charge in [-0.1, -0.05) is 19.4 Å². The lowest BCUT2D eigenvalue weighted by molar-refractivity contribution is 0.0500. The number of anilines is 1. The van der Waals surface area contributed by atoms with Crippen molar-refractivity contribution in [1.82, 2.24) is 4.90 Å². The molecular formula is C16H24N2O2. The van der Waals surface area contributed by atoms with Gasteiger partial charge >= 0.3 is 5.97 Å². The number of piperazine rings is 1. The monoisotopic (exact) mass is 276 g/mol. The summed E-state index contributed by atoms with van der Waals surface area (Å²) < 4.78 is 5.26. The van der Waals surface area contributed by atoms with Gasteiger partial charge in [-0.2, -0.15) is 0 Å². The number of nitrogens with zero attached hydrogens (tertiary/aromatic N) is 2. The van der Waals surface area contributed by atoms with E-state index in [0.29, 0.717) is 12.2 Å². The Labute approximate surface area is 121 Å². The second kappa shape index (κ2) is 7.29. The summed E-state index contributed by atoms with van der Waals surface area (Å²) in [6.07, 6.45) is 1.96. The second-order valence-corrected chi connectivity index (χ2v) is 5.33. The molecule has 1 fully saturated rings. The smallest absolute Gasteiger partial charge is 0.338 e. The Morgan fingerprint density at radius 3 is 2.70 bits per heavy atom. The number of carbonyl (C=O) groups excluding carboxylic acids is 1. The van der Waals surface area contributed by atoms with Crippen LogP contribution in [0.25, 0.3) is 0 Å². The SMILES string of the molecule is CCCCOC(=O)c1cccc(N2CCN(C)CC2)c1. The third kappa shape index (κ3) is 3.97. The van der Waals surface area contributed by atoms with Gasteiger partial charge in [0.15, 0.2) is 0 Å². The van der Waals surface area contributed by atoms with Crippen LogP contribution in [0.1, 0.15) is 30.1 Å². The maximum absolute atomic E-state index is 12.0. The molecule has 1 aliphatic heterocycles. The van der Waals surface area contributed by atoms with Gasteiger partial charge in [0.25, 0.3) is 0 Å². The van der Waals surface area contributed by atoms with E-state index in [-0.39, 0.29) is 5.97 Å². The number of unbranched alkanes of at least 4 members (excludes halogenated alkanes) is 1. The maximum atomic E-state index is 12.0. The molecule has 0 amide bonds. The largest absolute Gasteiger partial charge is 0.462 e. The Balaban J connectivity index is 1.98. The van der Waals surface area contributed by atoms with Crippen molar-refractivity contribution in [2.24, 2.45) is 0 Å². The summed E-state index contributed by atoms with van der Waals surface area (Å²) in [4.78, 5) is 16.6. The van der Waals surface area contributed by atoms with Gasteiger partial charge in [0.1, 0.15) is 0 Å². The number of hydrogen-bond donors (Lipinski definition) is 0. The highest BCUT2D eigenvalue weighted by Gasteiger charge is 2.15. The molecule has 1 aliphatic rings. The van der Waals surface area contributed by atoms with Crippen molar-refractivity contribution in [1.29, 1.82) is 0 Å². The third-order valence-electron chi connectivity index (χ3n) is 3.68. The van der Waals surface area contributed by atoms with Crippen molar-refractivity contribution in [2.75, 3.05) is 44.7 Å². The molecular weight excluding hydrogens is 252 g/mol. The van der Waals surface area contributed by atoms with E-state index in [2.05, 4.69) is 29.8 Å². The van der Waals surface area contributed by atoms with Gasteiger partial charge in [0.2, 0.25) is 0 Å². The van der Waals surface area contributed by atoms with E-state index in [4.69, 9.17) is 4.74 Å². The molecule has 110 valence electrons. The van der Waals surface area contributed by atoms with Crippen LogP contribution in [0.3, 0.4) is 0 Å². The highest BCUT2D eigenvalue weighted by molar-refractivity contribution is 5.90. The molecule has 0 radical (unpaired) electrons. The van der Waals surface area contributed by atoms with E-state index < -0.39 is 0 Å². The minimum absolute atomic E-state index is 0.213. The van der Waals surface area contributed by atoms with Crippen LogP contribution in [0, 0.1) is 0 Å². The number of rotatable bonds is 5. The van der Waals surface area contributed by atoms with Crippen molar-refractivity contribution in [3.63, 3.8) is 0 Å². The van der Waals surface area contributed by atoms with Gasteiger partial charge in [-0.05, 0) is 31.7 Å². The van der Waals surface area contributed by atoms with E-state index in [9.17, 15) is 4.79 Å². The number of hydrogen-bond acceptors (Lipinski definition) is 4. The maximum Gasteiger partial charge on any atom is 0.338 e. The topological polar surface area (TPSA) is 32.8 Å². The standard InChI is InChI=1S/C16H24N2O2/c1-3-4-12-20-16(19)14-6-5-7-15(13-14)18-10-8-17(2)9-11-18/h5-7,13H,3-4,8-12H2,1-2H3. The lowest BCUT2D eigenvalue weighted by Crippen LogP contribution is -2.44. The molecule has 0 N–H and O–H groups in total. The van der Waals surface area contributed by atoms with Crippen LogP contribution in [0.4, 0.5) is 5.69 Å². The van der Waals surface area contributed by atoms with Crippen LogP contribution >= 0.6 is 0 Å². The Hall–Kier alpha value is -1.55. The summed E-state index contributed by atoms with van der Waals surface area (Å²) in [5.74, 6) is -0.213. The number of carbonyl (C=O) groups is 1. The number of likely N-dealkylation sites (N-methyl/N-ethyl adjacent to an activating group) is 1. The summed E-state index contributed by atoms with van der Waals surface area (Å²) in [7, 11) is 2.14. The molecule has 0 spiro atoms. The van der Waals surface area contributed by atoms with Gasteiger partial charge in [0, 0.05) is 31.9 Å². The highest BCUT2D eigenvalue weighted by atomic mass is 16.5. The van der Waals surface area contributed by atoms with Gasteiger partial charge in [-0.25, -0.2) is 4.79 Å². The van der Waals surface area contributed by atoms with Crippen LogP contribution < -0.4 is 4.90 Å². The third-order valence-corrected chi connectivity index (χ3v) is 3.68. The molecule has 0 aliphatic carbocycles. The summed E-state index contributed by atoms with van der Waals surface area (Å²) in [6, 6.07) is 7.77. The van der Waals surface area contributed by atoms with Crippen LogP contribution in [0.2, 0.25) is 0 Å². The van der Waals surface area contributed by atoms with E-state index in [1.807, 2.05) is 18.2 Å². The molecule has 4 nitrogen and oxygen atoms in total. The summed E-state index contributed by atoms with van der Waals surface area (Å²) in [5, 5.41) is 0. The number of esters is 1. The summed E-state index contributed by atoms with van der Waals surface area (Å²) in [6.45, 7) is 6.72. The first-order valence-corrected chi connectivity index (χ1v) is 7.41. The molecule has 1 saturated heterocycles. The quantitative estimate of drug-likeness (QED) is 0.611. The molecule has 4 heteroatoms. The minimum Gasteiger partial charge on any atom is -0.462 e. The first-order valence-electron chi connectivity index (χ1n) is 7.41. The van der Waals surface area contributed by atoms with Crippen LogP contribution in [0.15, 0.2) is 24.3 Å². The molecule has 0 bridgehead atoms. The molecule has 1 heterocycles. The first kappa shape index (κ1) is 14.9. The molecule has 0 saturated carbocycles. The van der Waals surface area contributed by atoms with E-state index >= 15 is 0 Å². The Morgan fingerprint density at radius 1 is 1.25 bits per heavy atom. The van der Waals surface area contributed by atoms with Gasteiger partial charge in [-0.3, -0.25) is 0 Å². The number of ether oxygens (including phenoxy) is 1. The Morgan fingerprint density at radius 2 is 2.00 bits per heavy atom. The van der Waals surface area contributed by atoms with E-state index in [1.54, 1.807) is 0 Å². The van der Waals surface area contributed by atoms with Gasteiger partial charge in [0.05, 0.1) is 12.2 Å². The molecule has 1 aromatic rings. The number of benzene rings is 1. The minimum atomic E-state index is -0.213. The lowest BCUT2D eigenvalue weighted by atomic mass is 10.1. The van der Waals surface area contributed by atoms with Crippen molar-refractivity contribution in [2.45, 2.75) is 19.8 Å². The molecule has 0 unspecified atom stereocenters. The van der Waals surface area contributed by atoms with Gasteiger partial charge < -0.3 is 14.5 Å². The fourth-order valence-electron chi connectivity index (χ4n) is 2.29. The fraction of sp³-hybridized carbons (Fsp3) is 0.562. The Bertz CT molecular complexity index is 440. The predicted molar refractivity (Wildman–Crippen MR) is 81.3 cm³/mol. The molecule has 0 aromatic heterocycles. The van der Waals surface area contributed by atoms with Crippen molar-refractivity contribution < 1.29 is 9.53 Å². The first-order chi connectivity index (χ1) is 9.70. The average Bonchev–Trinajstić information content (AvgIpc) is 2.48. The zero-order valence-electron chi connectivity index (χ0n) is 12.5. The van der Waals surface area contributed by atoms with Gasteiger partial charge in [-0.15, -0.1) is 0 Å². The molecule has 1 aromatic carbocycles. The normalized spacial score (nSPS) is 16.2. The van der Waals surface area contributed by atoms with Crippen LogP contribution in [-0.2, 0) is 4.74 Å². The highest BCUT2D eigenvalue weighted by Crippen LogP contribution is 2.18. The summed E-state index contributed by atoms with van der Waals surface area (Å²) in [5.41, 5.74) is 1.76. The van der Waals surface area contributed by atoms with Crippen LogP contribution in [0.5, 0.6) is 0 Å². The van der Waals surface area contributed by atoms with E-state index in [0.717, 1.165) is 44.7 Å². The fourth-order valence-corrected chi connectivity index (χ4v) is 2.29. The Kier molecular flexibility index (Phi) is 5.41. The zero-order chi connectivity index (χ0) is 14.4. The second-order valence-electron chi connectivity index (χ2n) is 5.33. The molecule has 0 atom stereocenters. The molecule has 20 heavy (non-hydrogen) atoms. The van der Waals surface area contributed by atoms with Crippen molar-refractivity contribution >= 4 is 11.7 Å². The van der Waals surface area contributed by atoms with Crippen molar-refractivity contribution in [3.8, 4) is 0 Å². The average molecular weight is 276 g/mol. The molecule has 2 rings (SSSR count). The van der Waals surface area contributed by atoms with E-state index in [1.165, 1.54) is 0 Å². The van der Waals surface area contributed by atoms with Crippen LogP contribution in [-0.4, -0.2) is 50.7 Å².